The summed E-state index contributed by atoms with van der Waals surface area (Å²) in [6, 6.07) is 18.0. The Bertz CT molecular complexity index is 1210. The lowest BCUT2D eigenvalue weighted by Crippen LogP contribution is -2.41. The van der Waals surface area contributed by atoms with Crippen LogP contribution in [-0.4, -0.2) is 47.2 Å². The molecule has 0 spiro atoms. The van der Waals surface area contributed by atoms with Crippen LogP contribution in [0.5, 0.6) is 11.5 Å². The van der Waals surface area contributed by atoms with Gasteiger partial charge in [-0.05, 0) is 47.0 Å². The average molecular weight is 496 g/mol. The van der Waals surface area contributed by atoms with Crippen LogP contribution in [-0.2, 0) is 14.9 Å². The summed E-state index contributed by atoms with van der Waals surface area (Å²) in [6.07, 6.45) is -3.50. The molecule has 11 heteroatoms. The molecule has 1 atom stereocenters. The largest absolute Gasteiger partial charge is 0.508 e. The Balaban J connectivity index is 1.98. The Morgan fingerprint density at radius 3 is 1.82 bits per heavy atom. The standard InChI is InChI=1S/C23H19F3O7S/c24-20(23(25,26)34(30,31)32)13-33-22(29)19-4-2-1-3-18(19)21(14-5-9-16(27)10-6-14)15-7-11-17(28)12-8-15/h1-12,20-21,27-28H,13H2,(H,30,31,32). The number of rotatable bonds is 8. The van der Waals surface area contributed by atoms with E-state index < -0.39 is 40.0 Å². The summed E-state index contributed by atoms with van der Waals surface area (Å²) in [5, 5.41) is 14.1. The Labute approximate surface area is 192 Å². The highest BCUT2D eigenvalue weighted by atomic mass is 32.2. The lowest BCUT2D eigenvalue weighted by atomic mass is 9.83. The lowest BCUT2D eigenvalue weighted by molar-refractivity contribution is -0.0357. The van der Waals surface area contributed by atoms with Crippen LogP contribution in [0.3, 0.4) is 0 Å². The molecule has 0 radical (unpaired) electrons. The highest BCUT2D eigenvalue weighted by Gasteiger charge is 2.53. The Morgan fingerprint density at radius 2 is 1.35 bits per heavy atom. The van der Waals surface area contributed by atoms with E-state index in [1.54, 1.807) is 36.4 Å². The molecule has 1 unspecified atom stereocenters. The maximum absolute atomic E-state index is 13.8. The fourth-order valence-electron chi connectivity index (χ4n) is 3.30. The summed E-state index contributed by atoms with van der Waals surface area (Å²) in [5.74, 6) is -1.86. The number of halogens is 3. The van der Waals surface area contributed by atoms with Crippen LogP contribution in [0.1, 0.15) is 33.0 Å². The van der Waals surface area contributed by atoms with Crippen molar-refractivity contribution in [2.75, 3.05) is 6.61 Å². The highest BCUT2D eigenvalue weighted by Crippen LogP contribution is 2.36. The predicted octanol–water partition coefficient (Wildman–Crippen LogP) is 4.25. The van der Waals surface area contributed by atoms with Crippen LogP contribution in [0.15, 0.2) is 72.8 Å². The first-order valence-electron chi connectivity index (χ1n) is 9.74. The molecule has 3 rings (SSSR count). The number of phenolic OH excluding ortho intramolecular Hbond substituents is 2. The first kappa shape index (κ1) is 25.1. The molecule has 0 amide bonds. The first-order valence-corrected chi connectivity index (χ1v) is 11.2. The molecule has 0 aliphatic carbocycles. The molecule has 0 fully saturated rings. The average Bonchev–Trinajstić information content (AvgIpc) is 2.79. The van der Waals surface area contributed by atoms with Gasteiger partial charge in [-0.2, -0.15) is 17.2 Å². The monoisotopic (exact) mass is 496 g/mol. The molecule has 0 heterocycles. The highest BCUT2D eigenvalue weighted by molar-refractivity contribution is 7.86. The van der Waals surface area contributed by atoms with E-state index in [9.17, 15) is 36.6 Å². The van der Waals surface area contributed by atoms with E-state index in [-0.39, 0.29) is 17.1 Å². The topological polar surface area (TPSA) is 121 Å². The van der Waals surface area contributed by atoms with Crippen molar-refractivity contribution in [3.05, 3.63) is 95.1 Å². The maximum atomic E-state index is 13.8. The Hall–Kier alpha value is -3.57. The van der Waals surface area contributed by atoms with E-state index in [4.69, 9.17) is 4.55 Å². The Morgan fingerprint density at radius 1 is 0.882 bits per heavy atom. The molecular formula is C23H19F3O7S. The smallest absolute Gasteiger partial charge is 0.403 e. The quantitative estimate of drug-likeness (QED) is 0.242. The number of ether oxygens (including phenoxy) is 1. The number of esters is 1. The van der Waals surface area contributed by atoms with E-state index in [1.807, 2.05) is 0 Å². The van der Waals surface area contributed by atoms with Crippen molar-refractivity contribution >= 4 is 16.1 Å². The van der Waals surface area contributed by atoms with Crippen LogP contribution in [0.2, 0.25) is 0 Å². The van der Waals surface area contributed by atoms with Crippen LogP contribution in [0.4, 0.5) is 13.2 Å². The molecule has 0 aromatic heterocycles. The molecule has 3 aromatic carbocycles. The molecule has 7 nitrogen and oxygen atoms in total. The first-order chi connectivity index (χ1) is 15.9. The second-order valence-electron chi connectivity index (χ2n) is 7.31. The summed E-state index contributed by atoms with van der Waals surface area (Å²) in [4.78, 5) is 12.7. The molecule has 0 aliphatic rings. The van der Waals surface area contributed by atoms with Gasteiger partial charge in [-0.1, -0.05) is 42.5 Å². The number of hydrogen-bond acceptors (Lipinski definition) is 6. The molecule has 0 saturated heterocycles. The second-order valence-corrected chi connectivity index (χ2v) is 8.80. The van der Waals surface area contributed by atoms with Crippen LogP contribution in [0.25, 0.3) is 0 Å². The van der Waals surface area contributed by atoms with Gasteiger partial charge in [-0.3, -0.25) is 4.55 Å². The molecule has 3 N–H and O–H groups in total. The summed E-state index contributed by atoms with van der Waals surface area (Å²) >= 11 is 0. The number of carbonyl (C=O) groups excluding carboxylic acids is 1. The van der Waals surface area contributed by atoms with E-state index in [2.05, 4.69) is 4.74 Å². The van der Waals surface area contributed by atoms with Crippen LogP contribution >= 0.6 is 0 Å². The van der Waals surface area contributed by atoms with Gasteiger partial charge in [0.05, 0.1) is 5.56 Å². The summed E-state index contributed by atoms with van der Waals surface area (Å²) in [6.45, 7) is -1.62. The van der Waals surface area contributed by atoms with Gasteiger partial charge in [0, 0.05) is 5.92 Å². The van der Waals surface area contributed by atoms with Crippen molar-refractivity contribution in [2.24, 2.45) is 0 Å². The van der Waals surface area contributed by atoms with Crippen molar-refractivity contribution in [3.63, 3.8) is 0 Å². The molecular weight excluding hydrogens is 477 g/mol. The number of hydrogen-bond donors (Lipinski definition) is 3. The normalized spacial score (nSPS) is 13.0. The number of phenols is 2. The zero-order valence-electron chi connectivity index (χ0n) is 17.3. The third kappa shape index (κ3) is 5.32. The Kier molecular flexibility index (Phi) is 7.18. The van der Waals surface area contributed by atoms with E-state index in [0.717, 1.165) is 0 Å². The molecule has 34 heavy (non-hydrogen) atoms. The maximum Gasteiger partial charge on any atom is 0.403 e. The number of benzene rings is 3. The number of carbonyl (C=O) groups is 1. The van der Waals surface area contributed by atoms with Gasteiger partial charge in [0.1, 0.15) is 18.1 Å². The van der Waals surface area contributed by atoms with Crippen molar-refractivity contribution in [1.82, 2.24) is 0 Å². The minimum Gasteiger partial charge on any atom is -0.508 e. The van der Waals surface area contributed by atoms with Crippen molar-refractivity contribution in [2.45, 2.75) is 17.3 Å². The van der Waals surface area contributed by atoms with Crippen molar-refractivity contribution < 1.29 is 45.9 Å². The number of alkyl halides is 3. The summed E-state index contributed by atoms with van der Waals surface area (Å²) < 4.78 is 75.2. The second kappa shape index (κ2) is 9.74. The van der Waals surface area contributed by atoms with Crippen LogP contribution < -0.4 is 0 Å². The summed E-state index contributed by atoms with van der Waals surface area (Å²) in [5.41, 5.74) is 1.45. The van der Waals surface area contributed by atoms with Crippen LogP contribution in [0, 0.1) is 0 Å². The van der Waals surface area contributed by atoms with E-state index in [0.29, 0.717) is 16.7 Å². The fourth-order valence-corrected chi connectivity index (χ4v) is 3.70. The molecule has 3 aromatic rings. The van der Waals surface area contributed by atoms with Crippen molar-refractivity contribution in [1.29, 1.82) is 0 Å². The van der Waals surface area contributed by atoms with Gasteiger partial charge < -0.3 is 14.9 Å². The van der Waals surface area contributed by atoms with Gasteiger partial charge in [0.25, 0.3) is 0 Å². The molecule has 180 valence electrons. The van der Waals surface area contributed by atoms with E-state index >= 15 is 0 Å². The zero-order valence-corrected chi connectivity index (χ0v) is 18.1. The molecule has 0 aliphatic heterocycles. The SMILES string of the molecule is O=C(OCC(F)C(F)(F)S(=O)(=O)O)c1ccccc1C(c1ccc(O)cc1)c1ccc(O)cc1. The minimum absolute atomic E-state index is 0.00495. The zero-order chi connectivity index (χ0) is 25.1. The third-order valence-corrected chi connectivity index (χ3v) is 5.96. The predicted molar refractivity (Wildman–Crippen MR) is 115 cm³/mol. The van der Waals surface area contributed by atoms with Gasteiger partial charge >= 0.3 is 21.3 Å². The van der Waals surface area contributed by atoms with Gasteiger partial charge in [0.15, 0.2) is 0 Å². The molecule has 0 bridgehead atoms. The lowest BCUT2D eigenvalue weighted by Gasteiger charge is -2.22. The van der Waals surface area contributed by atoms with Gasteiger partial charge in [0.2, 0.25) is 6.17 Å². The molecule has 0 saturated carbocycles. The van der Waals surface area contributed by atoms with Gasteiger partial charge in [-0.15, -0.1) is 0 Å². The van der Waals surface area contributed by atoms with Gasteiger partial charge in [-0.25, -0.2) is 9.18 Å². The van der Waals surface area contributed by atoms with E-state index in [1.165, 1.54) is 36.4 Å². The minimum atomic E-state index is -6.06. The third-order valence-electron chi connectivity index (χ3n) is 5.01. The van der Waals surface area contributed by atoms with Crippen molar-refractivity contribution in [3.8, 4) is 11.5 Å². The summed E-state index contributed by atoms with van der Waals surface area (Å²) in [7, 11) is -6.06. The fraction of sp³-hybridized carbons (Fsp3) is 0.174. The number of aromatic hydroxyl groups is 2.